The van der Waals surface area contributed by atoms with Crippen LogP contribution in [-0.2, 0) is 17.6 Å². The number of aliphatic carboxylic acids is 1. The zero-order chi connectivity index (χ0) is 24.9. The highest BCUT2D eigenvalue weighted by molar-refractivity contribution is 7.15. The molecular formula is C28H24N2O5S. The molecule has 182 valence electrons. The van der Waals surface area contributed by atoms with Gasteiger partial charge in [0.2, 0.25) is 0 Å². The van der Waals surface area contributed by atoms with Crippen molar-refractivity contribution in [3.63, 3.8) is 0 Å². The van der Waals surface area contributed by atoms with Crippen LogP contribution in [0, 0.1) is 0 Å². The van der Waals surface area contributed by atoms with Crippen LogP contribution in [0.4, 0.5) is 0 Å². The topological polar surface area (TPSA) is 97.8 Å². The van der Waals surface area contributed by atoms with Crippen molar-refractivity contribution in [2.24, 2.45) is 0 Å². The number of hydrogen-bond donors (Lipinski definition) is 2. The number of carboxylic acids is 1. The summed E-state index contributed by atoms with van der Waals surface area (Å²) in [5.41, 5.74) is 3.04. The predicted octanol–water partition coefficient (Wildman–Crippen LogP) is 5.43. The first-order valence-electron chi connectivity index (χ1n) is 11.6. The minimum absolute atomic E-state index is 0.0296. The minimum atomic E-state index is -1.10. The number of rotatable bonds is 8. The number of carbonyl (C=O) groups excluding carboxylic acids is 1. The second-order valence-corrected chi connectivity index (χ2v) is 9.47. The molecule has 2 atom stereocenters. The summed E-state index contributed by atoms with van der Waals surface area (Å²) in [5.74, 6) is -0.167. The first-order valence-corrected chi connectivity index (χ1v) is 12.4. The molecule has 36 heavy (non-hydrogen) atoms. The fraction of sp³-hybridized carbons (Fsp3) is 0.179. The van der Waals surface area contributed by atoms with E-state index in [1.54, 1.807) is 0 Å². The lowest BCUT2D eigenvalue weighted by Gasteiger charge is -2.26. The Morgan fingerprint density at radius 1 is 1.08 bits per heavy atom. The molecule has 0 fully saturated rings. The SMILES string of the molecule is O=C(N[C@@H](Cc1ccccc1)C(=O)O)c1cnc(Oc2ccc3c(c2)CC[C@@H](c2ccccc2)O3)s1. The highest BCUT2D eigenvalue weighted by atomic mass is 32.1. The summed E-state index contributed by atoms with van der Waals surface area (Å²) >= 11 is 1.06. The van der Waals surface area contributed by atoms with Crippen LogP contribution in [0.2, 0.25) is 0 Å². The van der Waals surface area contributed by atoms with Crippen molar-refractivity contribution in [1.29, 1.82) is 0 Å². The second-order valence-electron chi connectivity index (χ2n) is 8.47. The van der Waals surface area contributed by atoms with Crippen LogP contribution >= 0.6 is 11.3 Å². The highest BCUT2D eigenvalue weighted by Crippen LogP contribution is 2.38. The lowest BCUT2D eigenvalue weighted by atomic mass is 9.97. The lowest BCUT2D eigenvalue weighted by Crippen LogP contribution is -2.42. The fourth-order valence-corrected chi connectivity index (χ4v) is 4.81. The van der Waals surface area contributed by atoms with E-state index < -0.39 is 17.9 Å². The van der Waals surface area contributed by atoms with Crippen molar-refractivity contribution in [1.82, 2.24) is 10.3 Å². The lowest BCUT2D eigenvalue weighted by molar-refractivity contribution is -0.139. The van der Waals surface area contributed by atoms with Crippen LogP contribution in [0.5, 0.6) is 16.7 Å². The van der Waals surface area contributed by atoms with E-state index in [0.29, 0.717) is 10.9 Å². The van der Waals surface area contributed by atoms with Crippen molar-refractivity contribution < 1.29 is 24.2 Å². The second kappa shape index (κ2) is 10.6. The number of ether oxygens (including phenoxy) is 2. The summed E-state index contributed by atoms with van der Waals surface area (Å²) in [6, 6.07) is 23.9. The number of amides is 1. The van der Waals surface area contributed by atoms with Crippen molar-refractivity contribution in [3.05, 3.63) is 107 Å². The molecule has 8 heteroatoms. The van der Waals surface area contributed by atoms with Crippen LogP contribution in [0.3, 0.4) is 0 Å². The maximum Gasteiger partial charge on any atom is 0.326 e. The van der Waals surface area contributed by atoms with Gasteiger partial charge in [-0.15, -0.1) is 0 Å². The quantitative estimate of drug-likeness (QED) is 0.335. The normalized spacial score (nSPS) is 15.3. The molecule has 1 aliphatic rings. The van der Waals surface area contributed by atoms with Crippen LogP contribution in [0.15, 0.2) is 85.1 Å². The first kappa shape index (κ1) is 23.6. The van der Waals surface area contributed by atoms with Gasteiger partial charge in [-0.3, -0.25) is 4.79 Å². The van der Waals surface area contributed by atoms with E-state index in [1.807, 2.05) is 66.7 Å². The van der Waals surface area contributed by atoms with Gasteiger partial charge in [0.25, 0.3) is 11.1 Å². The van der Waals surface area contributed by atoms with Gasteiger partial charge >= 0.3 is 5.97 Å². The van der Waals surface area contributed by atoms with Gasteiger partial charge in [-0.2, -0.15) is 0 Å². The van der Waals surface area contributed by atoms with Crippen LogP contribution in [0.25, 0.3) is 0 Å². The molecule has 2 N–H and O–H groups in total. The number of carbonyl (C=O) groups is 2. The van der Waals surface area contributed by atoms with E-state index in [1.165, 1.54) is 6.20 Å². The van der Waals surface area contributed by atoms with Gasteiger partial charge in [0.15, 0.2) is 0 Å². The maximum atomic E-state index is 12.7. The number of carboxylic acid groups (broad SMARTS) is 1. The van der Waals surface area contributed by atoms with Crippen LogP contribution < -0.4 is 14.8 Å². The molecule has 0 bridgehead atoms. The fourth-order valence-electron chi connectivity index (χ4n) is 4.12. The van der Waals surface area contributed by atoms with Crippen molar-refractivity contribution in [2.75, 3.05) is 0 Å². The molecule has 0 saturated carbocycles. The number of hydrogen-bond acceptors (Lipinski definition) is 6. The monoisotopic (exact) mass is 500 g/mol. The molecule has 1 amide bonds. The molecule has 4 aromatic rings. The Labute approximate surface area is 212 Å². The summed E-state index contributed by atoms with van der Waals surface area (Å²) in [4.78, 5) is 28.8. The Kier molecular flexibility index (Phi) is 6.95. The van der Waals surface area contributed by atoms with Crippen molar-refractivity contribution in [2.45, 2.75) is 31.4 Å². The number of benzene rings is 3. The smallest absolute Gasteiger partial charge is 0.326 e. The Hall–Kier alpha value is -4.17. The molecule has 0 aliphatic carbocycles. The molecule has 0 radical (unpaired) electrons. The number of aromatic nitrogens is 1. The van der Waals surface area contributed by atoms with Crippen molar-refractivity contribution in [3.8, 4) is 16.7 Å². The Balaban J connectivity index is 1.22. The van der Waals surface area contributed by atoms with E-state index >= 15 is 0 Å². The van der Waals surface area contributed by atoms with Gasteiger partial charge in [-0.1, -0.05) is 72.0 Å². The van der Waals surface area contributed by atoms with Gasteiger partial charge in [0, 0.05) is 6.42 Å². The highest BCUT2D eigenvalue weighted by Gasteiger charge is 2.24. The first-order chi connectivity index (χ1) is 17.5. The Bertz CT molecular complexity index is 1360. The molecule has 7 nitrogen and oxygen atoms in total. The van der Waals surface area contributed by atoms with Gasteiger partial charge < -0.3 is 19.9 Å². The summed E-state index contributed by atoms with van der Waals surface area (Å²) < 4.78 is 12.1. The van der Waals surface area contributed by atoms with Gasteiger partial charge in [-0.25, -0.2) is 9.78 Å². The molecule has 1 aliphatic heterocycles. The van der Waals surface area contributed by atoms with Crippen LogP contribution in [0.1, 0.15) is 38.9 Å². The predicted molar refractivity (Wildman–Crippen MR) is 136 cm³/mol. The zero-order valence-corrected chi connectivity index (χ0v) is 20.1. The number of fused-ring (bicyclic) bond motifs is 1. The van der Waals surface area contributed by atoms with Crippen LogP contribution in [-0.4, -0.2) is 28.0 Å². The molecule has 0 unspecified atom stereocenters. The maximum absolute atomic E-state index is 12.7. The average molecular weight is 501 g/mol. The standard InChI is InChI=1S/C28H24N2O5S/c31-26(30-22(27(32)33)15-18-7-3-1-4-8-18)25-17-29-28(36-25)34-21-12-14-24-20(16-21)11-13-23(35-24)19-9-5-2-6-10-19/h1-10,12,14,16-17,22-23H,11,13,15H2,(H,30,31)(H,32,33)/t22-,23-/m0/s1. The molecule has 0 saturated heterocycles. The number of nitrogens with one attached hydrogen (secondary N) is 1. The third-order valence-electron chi connectivity index (χ3n) is 5.95. The van der Waals surface area contributed by atoms with E-state index in [-0.39, 0.29) is 17.4 Å². The van der Waals surface area contributed by atoms with E-state index in [0.717, 1.165) is 46.6 Å². The van der Waals surface area contributed by atoms with E-state index in [4.69, 9.17) is 9.47 Å². The molecule has 0 spiro atoms. The molecule has 1 aromatic heterocycles. The van der Waals surface area contributed by atoms with Gasteiger partial charge in [0.05, 0.1) is 6.20 Å². The zero-order valence-electron chi connectivity index (χ0n) is 19.3. The third-order valence-corrected chi connectivity index (χ3v) is 6.82. The Morgan fingerprint density at radius 2 is 1.83 bits per heavy atom. The number of nitrogens with zero attached hydrogens (tertiary/aromatic N) is 1. The van der Waals surface area contributed by atoms with Gasteiger partial charge in [-0.05, 0) is 47.7 Å². The molecule has 3 aromatic carbocycles. The summed E-state index contributed by atoms with van der Waals surface area (Å²) in [5, 5.41) is 12.4. The Morgan fingerprint density at radius 3 is 2.58 bits per heavy atom. The van der Waals surface area contributed by atoms with Crippen molar-refractivity contribution >= 4 is 23.2 Å². The number of aryl methyl sites for hydroxylation is 1. The molecule has 2 heterocycles. The number of thiazole rings is 1. The largest absolute Gasteiger partial charge is 0.485 e. The summed E-state index contributed by atoms with van der Waals surface area (Å²) in [7, 11) is 0. The third kappa shape index (κ3) is 5.55. The van der Waals surface area contributed by atoms with Gasteiger partial charge in [0.1, 0.15) is 28.5 Å². The average Bonchev–Trinajstić information content (AvgIpc) is 3.37. The summed E-state index contributed by atoms with van der Waals surface area (Å²) in [6.07, 6.45) is 3.34. The summed E-state index contributed by atoms with van der Waals surface area (Å²) in [6.45, 7) is 0. The van der Waals surface area contributed by atoms with E-state index in [2.05, 4.69) is 22.4 Å². The van der Waals surface area contributed by atoms with E-state index in [9.17, 15) is 14.7 Å². The minimum Gasteiger partial charge on any atom is -0.485 e. The molecule has 5 rings (SSSR count). The molecular weight excluding hydrogens is 476 g/mol.